The van der Waals surface area contributed by atoms with E-state index in [2.05, 4.69) is 22.2 Å². The number of anilines is 2. The third-order valence-electron chi connectivity index (χ3n) is 3.46. The van der Waals surface area contributed by atoms with Gasteiger partial charge in [-0.05, 0) is 18.6 Å². The molecule has 0 spiro atoms. The smallest absolute Gasteiger partial charge is 0.341 e. The maximum absolute atomic E-state index is 11.5. The molecule has 0 bridgehead atoms. The SMILES string of the molecule is CCCCC(CO)Nc1c(C(=O)O)c(N)nc2cccnc12. The molecule has 118 valence electrons. The molecule has 2 rings (SSSR count). The minimum atomic E-state index is -1.17. The van der Waals surface area contributed by atoms with Gasteiger partial charge in [0.05, 0.1) is 17.8 Å². The maximum atomic E-state index is 11.5. The number of aliphatic hydroxyl groups is 1. The highest BCUT2D eigenvalue weighted by Gasteiger charge is 2.22. The largest absolute Gasteiger partial charge is 0.477 e. The van der Waals surface area contributed by atoms with Crippen molar-refractivity contribution in [2.24, 2.45) is 0 Å². The van der Waals surface area contributed by atoms with Crippen molar-refractivity contribution in [1.82, 2.24) is 9.97 Å². The first-order valence-corrected chi connectivity index (χ1v) is 7.23. The Kier molecular flexibility index (Phi) is 5.11. The number of nitrogen functional groups attached to an aromatic ring is 1. The normalized spacial score (nSPS) is 12.3. The van der Waals surface area contributed by atoms with Crippen LogP contribution in [0.4, 0.5) is 11.5 Å². The fraction of sp³-hybridized carbons (Fsp3) is 0.400. The van der Waals surface area contributed by atoms with E-state index >= 15 is 0 Å². The number of carboxylic acid groups (broad SMARTS) is 1. The third-order valence-corrected chi connectivity index (χ3v) is 3.46. The van der Waals surface area contributed by atoms with E-state index in [0.29, 0.717) is 16.7 Å². The molecule has 0 aromatic carbocycles. The summed E-state index contributed by atoms with van der Waals surface area (Å²) in [6.07, 6.45) is 4.20. The van der Waals surface area contributed by atoms with Crippen molar-refractivity contribution >= 4 is 28.5 Å². The van der Waals surface area contributed by atoms with Gasteiger partial charge >= 0.3 is 5.97 Å². The number of fused-ring (bicyclic) bond motifs is 1. The van der Waals surface area contributed by atoms with Gasteiger partial charge in [-0.25, -0.2) is 9.78 Å². The number of carbonyl (C=O) groups is 1. The average molecular weight is 304 g/mol. The molecule has 7 nitrogen and oxygen atoms in total. The molecular formula is C15H20N4O3. The molecule has 0 fully saturated rings. The van der Waals surface area contributed by atoms with E-state index in [-0.39, 0.29) is 24.0 Å². The molecule has 5 N–H and O–H groups in total. The monoisotopic (exact) mass is 304 g/mol. The van der Waals surface area contributed by atoms with Gasteiger partial charge in [-0.2, -0.15) is 0 Å². The van der Waals surface area contributed by atoms with Crippen LogP contribution in [0.25, 0.3) is 11.0 Å². The highest BCUT2D eigenvalue weighted by atomic mass is 16.4. The Morgan fingerprint density at radius 2 is 2.27 bits per heavy atom. The topological polar surface area (TPSA) is 121 Å². The minimum absolute atomic E-state index is 0.0670. The van der Waals surface area contributed by atoms with Gasteiger partial charge in [0.1, 0.15) is 16.9 Å². The quantitative estimate of drug-likeness (QED) is 0.616. The van der Waals surface area contributed by atoms with Gasteiger partial charge in [-0.15, -0.1) is 0 Å². The molecule has 2 aromatic heterocycles. The molecule has 1 atom stereocenters. The van der Waals surface area contributed by atoms with Gasteiger partial charge in [0.15, 0.2) is 0 Å². The fourth-order valence-electron chi connectivity index (χ4n) is 2.33. The minimum Gasteiger partial charge on any atom is -0.477 e. The molecule has 2 aromatic rings. The molecule has 0 aliphatic heterocycles. The highest BCUT2D eigenvalue weighted by molar-refractivity contribution is 6.06. The molecule has 22 heavy (non-hydrogen) atoms. The van der Waals surface area contributed by atoms with Crippen LogP contribution in [0.5, 0.6) is 0 Å². The van der Waals surface area contributed by atoms with Crippen molar-refractivity contribution in [2.75, 3.05) is 17.7 Å². The molecule has 0 saturated heterocycles. The number of aliphatic hydroxyl groups excluding tert-OH is 1. The number of carboxylic acids is 1. The van der Waals surface area contributed by atoms with Crippen LogP contribution in [-0.4, -0.2) is 38.8 Å². The first-order valence-electron chi connectivity index (χ1n) is 7.23. The average Bonchev–Trinajstić information content (AvgIpc) is 2.50. The summed E-state index contributed by atoms with van der Waals surface area (Å²) >= 11 is 0. The molecule has 0 radical (unpaired) electrons. The summed E-state index contributed by atoms with van der Waals surface area (Å²) in [5.41, 5.74) is 6.93. The van der Waals surface area contributed by atoms with Crippen LogP contribution in [0.15, 0.2) is 18.3 Å². The Bertz CT molecular complexity index is 675. The molecule has 0 aliphatic carbocycles. The van der Waals surface area contributed by atoms with E-state index in [9.17, 15) is 15.0 Å². The number of aromatic nitrogens is 2. The second-order valence-electron chi connectivity index (χ2n) is 5.09. The molecule has 7 heteroatoms. The number of nitrogens with zero attached hydrogens (tertiary/aromatic N) is 2. The van der Waals surface area contributed by atoms with E-state index in [1.54, 1.807) is 18.3 Å². The molecular weight excluding hydrogens is 284 g/mol. The number of unbranched alkanes of at least 4 members (excludes halogenated alkanes) is 1. The van der Waals surface area contributed by atoms with Crippen LogP contribution in [0.2, 0.25) is 0 Å². The fourth-order valence-corrected chi connectivity index (χ4v) is 2.33. The standard InChI is InChI=1S/C15H20N4O3/c1-2-3-5-9(8-20)18-13-11(15(21)22)14(16)19-10-6-4-7-17-12(10)13/h4,6-7,9,20H,2-3,5,8H2,1H3,(H,21,22)(H3,16,18,19). The zero-order chi connectivity index (χ0) is 16.1. The summed E-state index contributed by atoms with van der Waals surface area (Å²) in [7, 11) is 0. The Labute approximate surface area is 128 Å². The summed E-state index contributed by atoms with van der Waals surface area (Å²) in [4.78, 5) is 19.8. The van der Waals surface area contributed by atoms with Crippen LogP contribution in [0.3, 0.4) is 0 Å². The van der Waals surface area contributed by atoms with Crippen molar-refractivity contribution in [3.8, 4) is 0 Å². The number of hydrogen-bond donors (Lipinski definition) is 4. The van der Waals surface area contributed by atoms with E-state index in [1.165, 1.54) is 0 Å². The van der Waals surface area contributed by atoms with Crippen molar-refractivity contribution < 1.29 is 15.0 Å². The van der Waals surface area contributed by atoms with Gasteiger partial charge in [-0.3, -0.25) is 4.98 Å². The predicted octanol–water partition coefficient (Wildman–Crippen LogP) is 1.87. The lowest BCUT2D eigenvalue weighted by Crippen LogP contribution is -2.26. The van der Waals surface area contributed by atoms with Crippen molar-refractivity contribution in [2.45, 2.75) is 32.2 Å². The lowest BCUT2D eigenvalue weighted by Gasteiger charge is -2.20. The number of pyridine rings is 2. The number of aromatic carboxylic acids is 1. The van der Waals surface area contributed by atoms with E-state index in [4.69, 9.17) is 5.73 Å². The van der Waals surface area contributed by atoms with Crippen LogP contribution < -0.4 is 11.1 Å². The molecule has 0 aliphatic rings. The first kappa shape index (κ1) is 16.0. The highest BCUT2D eigenvalue weighted by Crippen LogP contribution is 2.29. The lowest BCUT2D eigenvalue weighted by atomic mass is 10.1. The Hall–Kier alpha value is -2.41. The molecule has 2 heterocycles. The van der Waals surface area contributed by atoms with E-state index < -0.39 is 5.97 Å². The van der Waals surface area contributed by atoms with E-state index in [0.717, 1.165) is 19.3 Å². The van der Waals surface area contributed by atoms with Gasteiger partial charge < -0.3 is 21.3 Å². The Morgan fingerprint density at radius 3 is 2.91 bits per heavy atom. The molecule has 0 saturated carbocycles. The number of nitrogens with one attached hydrogen (secondary N) is 1. The third kappa shape index (κ3) is 3.25. The zero-order valence-electron chi connectivity index (χ0n) is 12.4. The van der Waals surface area contributed by atoms with Gasteiger partial charge in [0.2, 0.25) is 0 Å². The second-order valence-corrected chi connectivity index (χ2v) is 5.09. The van der Waals surface area contributed by atoms with E-state index in [1.807, 2.05) is 0 Å². The number of rotatable bonds is 7. The van der Waals surface area contributed by atoms with Crippen LogP contribution in [0, 0.1) is 0 Å². The zero-order valence-corrected chi connectivity index (χ0v) is 12.4. The van der Waals surface area contributed by atoms with Gasteiger partial charge in [0, 0.05) is 12.2 Å². The summed E-state index contributed by atoms with van der Waals surface area (Å²) in [5.74, 6) is -1.24. The van der Waals surface area contributed by atoms with Crippen molar-refractivity contribution in [3.05, 3.63) is 23.9 Å². The van der Waals surface area contributed by atoms with Crippen LogP contribution in [0.1, 0.15) is 36.5 Å². The summed E-state index contributed by atoms with van der Waals surface area (Å²) < 4.78 is 0. The Balaban J connectivity index is 2.53. The molecule has 0 amide bonds. The van der Waals surface area contributed by atoms with Gasteiger partial charge in [0.25, 0.3) is 0 Å². The molecule has 1 unspecified atom stereocenters. The van der Waals surface area contributed by atoms with Crippen molar-refractivity contribution in [1.29, 1.82) is 0 Å². The summed E-state index contributed by atoms with van der Waals surface area (Å²) in [6.45, 7) is 1.95. The summed E-state index contributed by atoms with van der Waals surface area (Å²) in [6, 6.07) is 3.17. The van der Waals surface area contributed by atoms with Crippen molar-refractivity contribution in [3.63, 3.8) is 0 Å². The maximum Gasteiger partial charge on any atom is 0.341 e. The Morgan fingerprint density at radius 1 is 1.50 bits per heavy atom. The van der Waals surface area contributed by atoms with Gasteiger partial charge in [-0.1, -0.05) is 19.8 Å². The van der Waals surface area contributed by atoms with Crippen LogP contribution >= 0.6 is 0 Å². The number of nitrogens with two attached hydrogens (primary N) is 1. The van der Waals surface area contributed by atoms with Crippen LogP contribution in [-0.2, 0) is 0 Å². The second kappa shape index (κ2) is 7.04. The predicted molar refractivity (Wildman–Crippen MR) is 84.9 cm³/mol. The summed E-state index contributed by atoms with van der Waals surface area (Å²) in [5, 5.41) is 22.0. The lowest BCUT2D eigenvalue weighted by molar-refractivity contribution is 0.0698. The first-order chi connectivity index (χ1) is 10.6. The number of hydrogen-bond acceptors (Lipinski definition) is 6.